The van der Waals surface area contributed by atoms with Crippen molar-refractivity contribution in [1.29, 1.82) is 0 Å². The average Bonchev–Trinajstić information content (AvgIpc) is 2.38. The molecular formula is C12H14N4O3. The van der Waals surface area contributed by atoms with E-state index in [2.05, 4.69) is 10.6 Å². The van der Waals surface area contributed by atoms with Crippen LogP contribution in [-0.2, 0) is 4.79 Å². The Kier molecular flexibility index (Phi) is 3.65. The maximum Gasteiger partial charge on any atom is 0.316 e. The molecule has 0 saturated carbocycles. The van der Waals surface area contributed by atoms with Crippen LogP contribution >= 0.6 is 0 Å². The third kappa shape index (κ3) is 3.21. The summed E-state index contributed by atoms with van der Waals surface area (Å²) < 4.78 is 0. The number of benzene rings is 1. The van der Waals surface area contributed by atoms with Crippen molar-refractivity contribution < 1.29 is 14.4 Å². The zero-order valence-electron chi connectivity index (χ0n) is 10.2. The predicted molar refractivity (Wildman–Crippen MR) is 68.6 cm³/mol. The van der Waals surface area contributed by atoms with Crippen molar-refractivity contribution in [3.63, 3.8) is 0 Å². The second-order valence-corrected chi connectivity index (χ2v) is 4.14. The van der Waals surface area contributed by atoms with Crippen molar-refractivity contribution in [3.8, 4) is 0 Å². The summed E-state index contributed by atoms with van der Waals surface area (Å²) in [5, 5.41) is 5.06. The Morgan fingerprint density at radius 2 is 1.95 bits per heavy atom. The SMILES string of the molecule is NC(=O)Nc1ccc(C(=O)N2CCNC(=O)C2)cc1. The molecule has 1 fully saturated rings. The van der Waals surface area contributed by atoms with Crippen molar-refractivity contribution in [2.24, 2.45) is 5.73 Å². The second kappa shape index (κ2) is 5.38. The van der Waals surface area contributed by atoms with Gasteiger partial charge in [-0.25, -0.2) is 4.79 Å². The van der Waals surface area contributed by atoms with E-state index in [-0.39, 0.29) is 18.4 Å². The molecule has 1 aliphatic rings. The summed E-state index contributed by atoms with van der Waals surface area (Å²) in [6, 6.07) is 5.68. The number of hydrogen-bond acceptors (Lipinski definition) is 3. The monoisotopic (exact) mass is 262 g/mol. The fraction of sp³-hybridized carbons (Fsp3) is 0.250. The average molecular weight is 262 g/mol. The zero-order chi connectivity index (χ0) is 13.8. The van der Waals surface area contributed by atoms with Crippen LogP contribution in [0.1, 0.15) is 10.4 Å². The minimum atomic E-state index is -0.660. The summed E-state index contributed by atoms with van der Waals surface area (Å²) in [4.78, 5) is 35.5. The van der Waals surface area contributed by atoms with E-state index in [1.807, 2.05) is 0 Å². The highest BCUT2D eigenvalue weighted by Crippen LogP contribution is 2.12. The fourth-order valence-corrected chi connectivity index (χ4v) is 1.83. The molecule has 7 nitrogen and oxygen atoms in total. The molecule has 4 N–H and O–H groups in total. The lowest BCUT2D eigenvalue weighted by atomic mass is 10.1. The lowest BCUT2D eigenvalue weighted by Crippen LogP contribution is -2.49. The lowest BCUT2D eigenvalue weighted by molar-refractivity contribution is -0.123. The van der Waals surface area contributed by atoms with Crippen LogP contribution in [0.25, 0.3) is 0 Å². The van der Waals surface area contributed by atoms with Crippen molar-refractivity contribution in [1.82, 2.24) is 10.2 Å². The van der Waals surface area contributed by atoms with Gasteiger partial charge in [0.05, 0.1) is 6.54 Å². The van der Waals surface area contributed by atoms with Crippen LogP contribution in [-0.4, -0.2) is 42.4 Å². The lowest BCUT2D eigenvalue weighted by Gasteiger charge is -2.26. The molecule has 0 spiro atoms. The molecule has 0 aromatic heterocycles. The number of hydrogen-bond donors (Lipinski definition) is 3. The van der Waals surface area contributed by atoms with Crippen molar-refractivity contribution in [3.05, 3.63) is 29.8 Å². The van der Waals surface area contributed by atoms with Gasteiger partial charge in [-0.05, 0) is 24.3 Å². The number of rotatable bonds is 2. The Labute approximate surface area is 109 Å². The number of amides is 4. The topological polar surface area (TPSA) is 105 Å². The molecule has 1 aromatic carbocycles. The molecule has 0 radical (unpaired) electrons. The van der Waals surface area contributed by atoms with E-state index in [9.17, 15) is 14.4 Å². The molecule has 100 valence electrons. The molecule has 0 aliphatic carbocycles. The number of piperazine rings is 1. The van der Waals surface area contributed by atoms with Gasteiger partial charge in [-0.3, -0.25) is 9.59 Å². The Balaban J connectivity index is 2.06. The van der Waals surface area contributed by atoms with Gasteiger partial charge >= 0.3 is 6.03 Å². The summed E-state index contributed by atoms with van der Waals surface area (Å²) in [6.45, 7) is 1.03. The van der Waals surface area contributed by atoms with Crippen molar-refractivity contribution in [2.75, 3.05) is 25.0 Å². The van der Waals surface area contributed by atoms with Gasteiger partial charge in [0, 0.05) is 24.3 Å². The third-order valence-corrected chi connectivity index (χ3v) is 2.72. The number of nitrogens with zero attached hydrogens (tertiary/aromatic N) is 1. The summed E-state index contributed by atoms with van der Waals surface area (Å²) in [7, 11) is 0. The molecule has 1 heterocycles. The third-order valence-electron chi connectivity index (χ3n) is 2.72. The Hall–Kier alpha value is -2.57. The van der Waals surface area contributed by atoms with Gasteiger partial charge in [0.2, 0.25) is 5.91 Å². The molecule has 1 aromatic rings. The molecule has 19 heavy (non-hydrogen) atoms. The summed E-state index contributed by atoms with van der Waals surface area (Å²) >= 11 is 0. The van der Waals surface area contributed by atoms with Crippen LogP contribution in [0, 0.1) is 0 Å². The zero-order valence-corrected chi connectivity index (χ0v) is 10.2. The number of carbonyl (C=O) groups is 3. The molecule has 0 bridgehead atoms. The minimum Gasteiger partial charge on any atom is -0.353 e. The van der Waals surface area contributed by atoms with Gasteiger partial charge in [0.25, 0.3) is 5.91 Å². The van der Waals surface area contributed by atoms with E-state index in [0.717, 1.165) is 0 Å². The number of urea groups is 1. The molecule has 4 amide bonds. The van der Waals surface area contributed by atoms with Crippen LogP contribution < -0.4 is 16.4 Å². The van der Waals surface area contributed by atoms with E-state index in [0.29, 0.717) is 24.3 Å². The molecular weight excluding hydrogens is 248 g/mol. The Morgan fingerprint density at radius 3 is 2.53 bits per heavy atom. The predicted octanol–water partition coefficient (Wildman–Crippen LogP) is -0.251. The van der Waals surface area contributed by atoms with E-state index in [1.54, 1.807) is 24.3 Å². The largest absolute Gasteiger partial charge is 0.353 e. The van der Waals surface area contributed by atoms with E-state index >= 15 is 0 Å². The maximum atomic E-state index is 12.1. The van der Waals surface area contributed by atoms with Crippen LogP contribution in [0.15, 0.2) is 24.3 Å². The maximum absolute atomic E-state index is 12.1. The number of nitrogens with two attached hydrogens (primary N) is 1. The fourth-order valence-electron chi connectivity index (χ4n) is 1.83. The van der Waals surface area contributed by atoms with Crippen LogP contribution in [0.4, 0.5) is 10.5 Å². The Bertz CT molecular complexity index is 512. The summed E-state index contributed by atoms with van der Waals surface area (Å²) in [6.07, 6.45) is 0. The van der Waals surface area contributed by atoms with Gasteiger partial charge in [0.15, 0.2) is 0 Å². The summed E-state index contributed by atoms with van der Waals surface area (Å²) in [5.74, 6) is -0.368. The van der Waals surface area contributed by atoms with Gasteiger partial charge in [0.1, 0.15) is 0 Å². The number of anilines is 1. The highest BCUT2D eigenvalue weighted by atomic mass is 16.2. The quantitative estimate of drug-likeness (QED) is 0.684. The standard InChI is InChI=1S/C12H14N4O3/c13-12(19)15-9-3-1-8(2-4-9)11(18)16-6-5-14-10(17)7-16/h1-4H,5-7H2,(H,14,17)(H3,13,15,19). The first-order valence-corrected chi connectivity index (χ1v) is 5.79. The first-order valence-electron chi connectivity index (χ1n) is 5.79. The molecule has 0 atom stereocenters. The van der Waals surface area contributed by atoms with Crippen LogP contribution in [0.2, 0.25) is 0 Å². The van der Waals surface area contributed by atoms with E-state index < -0.39 is 6.03 Å². The molecule has 1 aliphatic heterocycles. The van der Waals surface area contributed by atoms with E-state index in [1.165, 1.54) is 4.90 Å². The molecule has 7 heteroatoms. The van der Waals surface area contributed by atoms with Crippen molar-refractivity contribution >= 4 is 23.5 Å². The Morgan fingerprint density at radius 1 is 1.26 bits per heavy atom. The highest BCUT2D eigenvalue weighted by molar-refractivity contribution is 5.97. The number of nitrogens with one attached hydrogen (secondary N) is 2. The first kappa shape index (κ1) is 12.9. The second-order valence-electron chi connectivity index (χ2n) is 4.14. The number of carbonyl (C=O) groups excluding carboxylic acids is 3. The van der Waals surface area contributed by atoms with Gasteiger partial charge in [-0.2, -0.15) is 0 Å². The smallest absolute Gasteiger partial charge is 0.316 e. The van der Waals surface area contributed by atoms with Crippen LogP contribution in [0.5, 0.6) is 0 Å². The van der Waals surface area contributed by atoms with Crippen molar-refractivity contribution in [2.45, 2.75) is 0 Å². The van der Waals surface area contributed by atoms with Gasteiger partial charge in [-0.1, -0.05) is 0 Å². The first-order chi connectivity index (χ1) is 9.06. The van der Waals surface area contributed by atoms with Crippen LogP contribution in [0.3, 0.4) is 0 Å². The van der Waals surface area contributed by atoms with Gasteiger partial charge in [-0.15, -0.1) is 0 Å². The normalized spacial score (nSPS) is 14.7. The highest BCUT2D eigenvalue weighted by Gasteiger charge is 2.21. The van der Waals surface area contributed by atoms with Gasteiger partial charge < -0.3 is 21.3 Å². The van der Waals surface area contributed by atoms with E-state index in [4.69, 9.17) is 5.73 Å². The molecule has 1 saturated heterocycles. The summed E-state index contributed by atoms with van der Waals surface area (Å²) in [5.41, 5.74) is 5.96. The minimum absolute atomic E-state index is 0.0696. The molecule has 0 unspecified atom stereocenters. The molecule has 2 rings (SSSR count). The number of primary amides is 1.